The van der Waals surface area contributed by atoms with Crippen LogP contribution in [-0.4, -0.2) is 23.1 Å². The molecule has 24 heavy (non-hydrogen) atoms. The second-order valence-corrected chi connectivity index (χ2v) is 7.28. The molecule has 124 valence electrons. The van der Waals surface area contributed by atoms with Crippen molar-refractivity contribution in [2.24, 2.45) is 0 Å². The van der Waals surface area contributed by atoms with Crippen molar-refractivity contribution in [1.82, 2.24) is 9.97 Å². The Morgan fingerprint density at radius 3 is 2.79 bits per heavy atom. The summed E-state index contributed by atoms with van der Waals surface area (Å²) in [6.07, 6.45) is 5.09. The summed E-state index contributed by atoms with van der Waals surface area (Å²) >= 11 is 1.72. The quantitative estimate of drug-likeness (QED) is 0.733. The molecule has 4 nitrogen and oxygen atoms in total. The highest BCUT2D eigenvalue weighted by Gasteiger charge is 2.18. The Bertz CT molecular complexity index is 809. The molecule has 1 N–H and O–H groups in total. The average molecular weight is 338 g/mol. The molecule has 5 heteroatoms. The lowest BCUT2D eigenvalue weighted by molar-refractivity contribution is 0.750. The standard InChI is InChI=1S/C19H22N4S/c1-23(12-14-10-11-24-13-14)19-21-17-9-5-4-8-16(17)18(22-19)20-15-6-2-3-7-15/h4-5,8-11,13,15H,2-3,6-7,12H2,1H3,(H,20,21,22). The van der Waals surface area contributed by atoms with Crippen LogP contribution < -0.4 is 10.2 Å². The number of rotatable bonds is 5. The Morgan fingerprint density at radius 2 is 2.00 bits per heavy atom. The second kappa shape index (κ2) is 6.77. The normalized spacial score (nSPS) is 15.0. The molecule has 3 aromatic rings. The fourth-order valence-corrected chi connectivity index (χ4v) is 4.00. The number of hydrogen-bond acceptors (Lipinski definition) is 5. The van der Waals surface area contributed by atoms with E-state index in [9.17, 15) is 0 Å². The van der Waals surface area contributed by atoms with E-state index in [1.165, 1.54) is 31.2 Å². The van der Waals surface area contributed by atoms with Crippen molar-refractivity contribution in [2.75, 3.05) is 17.3 Å². The third kappa shape index (κ3) is 3.22. The van der Waals surface area contributed by atoms with Gasteiger partial charge in [0.05, 0.1) is 5.52 Å². The van der Waals surface area contributed by atoms with Crippen molar-refractivity contribution in [3.8, 4) is 0 Å². The van der Waals surface area contributed by atoms with Crippen LogP contribution in [0.5, 0.6) is 0 Å². The first-order valence-electron chi connectivity index (χ1n) is 8.55. The Labute approximate surface area is 146 Å². The molecule has 1 saturated carbocycles. The van der Waals surface area contributed by atoms with Gasteiger partial charge in [0.25, 0.3) is 0 Å². The molecule has 0 bridgehead atoms. The highest BCUT2D eigenvalue weighted by atomic mass is 32.1. The summed E-state index contributed by atoms with van der Waals surface area (Å²) in [5.41, 5.74) is 2.30. The molecule has 4 rings (SSSR count). The van der Waals surface area contributed by atoms with Gasteiger partial charge < -0.3 is 10.2 Å². The Kier molecular flexibility index (Phi) is 4.34. The van der Waals surface area contributed by atoms with E-state index in [1.54, 1.807) is 11.3 Å². The number of anilines is 2. The van der Waals surface area contributed by atoms with Crippen molar-refractivity contribution < 1.29 is 0 Å². The topological polar surface area (TPSA) is 41.1 Å². The van der Waals surface area contributed by atoms with Gasteiger partial charge in [0, 0.05) is 25.0 Å². The van der Waals surface area contributed by atoms with Gasteiger partial charge in [-0.2, -0.15) is 16.3 Å². The minimum Gasteiger partial charge on any atom is -0.367 e. The summed E-state index contributed by atoms with van der Waals surface area (Å²) < 4.78 is 0. The fraction of sp³-hybridized carbons (Fsp3) is 0.368. The Balaban J connectivity index is 1.67. The zero-order chi connectivity index (χ0) is 16.4. The SMILES string of the molecule is CN(Cc1ccsc1)c1nc(NC2CCCC2)c2ccccc2n1. The maximum atomic E-state index is 4.85. The van der Waals surface area contributed by atoms with Gasteiger partial charge in [0.2, 0.25) is 5.95 Å². The predicted octanol–water partition coefficient (Wildman–Crippen LogP) is 4.68. The number of thiophene rings is 1. The number of aromatic nitrogens is 2. The lowest BCUT2D eigenvalue weighted by Gasteiger charge is -2.20. The molecule has 0 radical (unpaired) electrons. The summed E-state index contributed by atoms with van der Waals surface area (Å²) in [4.78, 5) is 11.7. The molecule has 0 spiro atoms. The van der Waals surface area contributed by atoms with Gasteiger partial charge in [-0.3, -0.25) is 0 Å². The van der Waals surface area contributed by atoms with E-state index in [4.69, 9.17) is 9.97 Å². The minimum absolute atomic E-state index is 0.540. The van der Waals surface area contributed by atoms with Crippen LogP contribution in [0.4, 0.5) is 11.8 Å². The van der Waals surface area contributed by atoms with E-state index in [1.807, 2.05) is 6.07 Å². The third-order valence-corrected chi connectivity index (χ3v) is 5.36. The van der Waals surface area contributed by atoms with Gasteiger partial charge in [-0.05, 0) is 47.4 Å². The van der Waals surface area contributed by atoms with Gasteiger partial charge in [-0.1, -0.05) is 25.0 Å². The van der Waals surface area contributed by atoms with E-state index >= 15 is 0 Å². The molecule has 0 atom stereocenters. The molecule has 1 aliphatic rings. The van der Waals surface area contributed by atoms with Crippen LogP contribution in [0.2, 0.25) is 0 Å². The predicted molar refractivity (Wildman–Crippen MR) is 102 cm³/mol. The largest absolute Gasteiger partial charge is 0.367 e. The number of benzene rings is 1. The number of nitrogens with one attached hydrogen (secondary N) is 1. The molecule has 0 aliphatic heterocycles. The molecular weight excluding hydrogens is 316 g/mol. The smallest absolute Gasteiger partial charge is 0.227 e. The molecule has 0 unspecified atom stereocenters. The fourth-order valence-electron chi connectivity index (χ4n) is 3.34. The van der Waals surface area contributed by atoms with Crippen molar-refractivity contribution in [3.63, 3.8) is 0 Å². The summed E-state index contributed by atoms with van der Waals surface area (Å²) in [5, 5.41) is 9.06. The van der Waals surface area contributed by atoms with Crippen LogP contribution in [0.15, 0.2) is 41.1 Å². The number of fused-ring (bicyclic) bond motifs is 1. The lowest BCUT2D eigenvalue weighted by atomic mass is 10.2. The molecule has 0 amide bonds. The first-order valence-corrected chi connectivity index (χ1v) is 9.49. The van der Waals surface area contributed by atoms with E-state index in [0.717, 1.165) is 29.2 Å². The minimum atomic E-state index is 0.540. The van der Waals surface area contributed by atoms with Gasteiger partial charge >= 0.3 is 0 Å². The Hall–Kier alpha value is -2.14. The van der Waals surface area contributed by atoms with Gasteiger partial charge in [-0.15, -0.1) is 0 Å². The monoisotopic (exact) mass is 338 g/mol. The molecule has 1 fully saturated rings. The van der Waals surface area contributed by atoms with Crippen LogP contribution in [0.3, 0.4) is 0 Å². The zero-order valence-corrected chi connectivity index (χ0v) is 14.7. The highest BCUT2D eigenvalue weighted by Crippen LogP contribution is 2.28. The number of para-hydroxylation sites is 1. The first kappa shape index (κ1) is 15.4. The average Bonchev–Trinajstić information content (AvgIpc) is 3.28. The molecule has 2 aromatic heterocycles. The maximum absolute atomic E-state index is 4.85. The van der Waals surface area contributed by atoms with Crippen LogP contribution in [0.1, 0.15) is 31.2 Å². The third-order valence-electron chi connectivity index (χ3n) is 4.63. The number of hydrogen-bond donors (Lipinski definition) is 1. The van der Waals surface area contributed by atoms with Crippen molar-refractivity contribution in [3.05, 3.63) is 46.7 Å². The van der Waals surface area contributed by atoms with Gasteiger partial charge in [0.15, 0.2) is 0 Å². The van der Waals surface area contributed by atoms with Gasteiger partial charge in [-0.25, -0.2) is 4.98 Å². The molecule has 1 aliphatic carbocycles. The summed E-state index contributed by atoms with van der Waals surface area (Å²) in [7, 11) is 2.06. The van der Waals surface area contributed by atoms with Crippen molar-refractivity contribution in [2.45, 2.75) is 38.3 Å². The maximum Gasteiger partial charge on any atom is 0.227 e. The molecular formula is C19H22N4S. The van der Waals surface area contributed by atoms with Crippen LogP contribution in [-0.2, 0) is 6.54 Å². The lowest BCUT2D eigenvalue weighted by Crippen LogP contribution is -2.21. The zero-order valence-electron chi connectivity index (χ0n) is 13.9. The van der Waals surface area contributed by atoms with Crippen LogP contribution in [0, 0.1) is 0 Å². The molecule has 2 heterocycles. The van der Waals surface area contributed by atoms with Crippen molar-refractivity contribution >= 4 is 34.0 Å². The summed E-state index contributed by atoms with van der Waals surface area (Å²) in [6.45, 7) is 0.824. The molecule has 0 saturated heterocycles. The van der Waals surface area contributed by atoms with E-state index < -0.39 is 0 Å². The second-order valence-electron chi connectivity index (χ2n) is 6.50. The van der Waals surface area contributed by atoms with Crippen LogP contribution >= 0.6 is 11.3 Å². The molecule has 1 aromatic carbocycles. The number of nitrogens with zero attached hydrogens (tertiary/aromatic N) is 3. The van der Waals surface area contributed by atoms with Gasteiger partial charge in [0.1, 0.15) is 5.82 Å². The van der Waals surface area contributed by atoms with E-state index in [2.05, 4.69) is 52.3 Å². The van der Waals surface area contributed by atoms with E-state index in [-0.39, 0.29) is 0 Å². The van der Waals surface area contributed by atoms with E-state index in [0.29, 0.717) is 6.04 Å². The summed E-state index contributed by atoms with van der Waals surface area (Å²) in [5.74, 6) is 1.75. The summed E-state index contributed by atoms with van der Waals surface area (Å²) in [6, 6.07) is 11.0. The van der Waals surface area contributed by atoms with Crippen molar-refractivity contribution in [1.29, 1.82) is 0 Å². The first-order chi connectivity index (χ1) is 11.8. The van der Waals surface area contributed by atoms with Crippen LogP contribution in [0.25, 0.3) is 10.9 Å². The Morgan fingerprint density at radius 1 is 1.17 bits per heavy atom. The highest BCUT2D eigenvalue weighted by molar-refractivity contribution is 7.07.